The van der Waals surface area contributed by atoms with E-state index in [-0.39, 0.29) is 11.8 Å². The first-order valence-corrected chi connectivity index (χ1v) is 7.97. The molecule has 2 amide bonds. The maximum Gasteiger partial charge on any atom is 0.319 e. The van der Waals surface area contributed by atoms with Gasteiger partial charge >= 0.3 is 6.03 Å². The molecule has 0 saturated heterocycles. The van der Waals surface area contributed by atoms with E-state index in [0.717, 1.165) is 11.1 Å². The number of amides is 2. The van der Waals surface area contributed by atoms with Gasteiger partial charge in [0.1, 0.15) is 5.82 Å². The summed E-state index contributed by atoms with van der Waals surface area (Å²) in [4.78, 5) is 12.0. The summed E-state index contributed by atoms with van der Waals surface area (Å²) in [6, 6.07) is 14.0. The summed E-state index contributed by atoms with van der Waals surface area (Å²) in [5, 5.41) is 9.64. The average Bonchev–Trinajstić information content (AvgIpc) is 3.10. The molecular weight excluding hydrogens is 319 g/mol. The summed E-state index contributed by atoms with van der Waals surface area (Å²) in [5.74, 6) is -0.345. The second kappa shape index (κ2) is 7.61. The maximum atomic E-state index is 13.5. The number of hydrogen-bond acceptors (Lipinski definition) is 2. The summed E-state index contributed by atoms with van der Waals surface area (Å²) >= 11 is 0. The minimum atomic E-state index is -0.378. The Kier molecular flexibility index (Phi) is 5.09. The van der Waals surface area contributed by atoms with Crippen molar-refractivity contribution in [2.75, 3.05) is 5.32 Å². The van der Waals surface area contributed by atoms with E-state index in [2.05, 4.69) is 15.7 Å². The Bertz CT molecular complexity index is 862. The van der Waals surface area contributed by atoms with Crippen molar-refractivity contribution in [3.05, 3.63) is 83.4 Å². The molecule has 3 rings (SSSR count). The number of nitrogens with one attached hydrogen (secondary N) is 2. The topological polar surface area (TPSA) is 59.0 Å². The molecule has 6 heteroatoms. The third kappa shape index (κ3) is 4.44. The van der Waals surface area contributed by atoms with Gasteiger partial charge in [-0.25, -0.2) is 9.18 Å². The zero-order chi connectivity index (χ0) is 17.6. The molecule has 2 aromatic carbocycles. The first-order chi connectivity index (χ1) is 12.1. The molecule has 0 unspecified atom stereocenters. The third-order valence-corrected chi connectivity index (χ3v) is 3.88. The highest BCUT2D eigenvalue weighted by atomic mass is 19.1. The molecule has 0 aliphatic heterocycles. The fraction of sp³-hybridized carbons (Fsp3) is 0.158. The van der Waals surface area contributed by atoms with E-state index in [4.69, 9.17) is 0 Å². The summed E-state index contributed by atoms with van der Waals surface area (Å²) in [6.07, 6.45) is 3.62. The molecular formula is C19H19FN4O. The lowest BCUT2D eigenvalue weighted by Crippen LogP contribution is -2.28. The van der Waals surface area contributed by atoms with Crippen molar-refractivity contribution in [2.24, 2.45) is 0 Å². The monoisotopic (exact) mass is 338 g/mol. The van der Waals surface area contributed by atoms with Crippen LogP contribution in [-0.2, 0) is 13.1 Å². The molecule has 0 aliphatic rings. The standard InChI is InChI=1S/C19H19FN4O/c1-14-7-8-17(11-18(14)20)23-19(25)21-12-15-5-2-3-6-16(15)13-24-10-4-9-22-24/h2-11H,12-13H2,1H3,(H2,21,23,25). The Hall–Kier alpha value is -3.15. The van der Waals surface area contributed by atoms with Crippen molar-refractivity contribution in [2.45, 2.75) is 20.0 Å². The van der Waals surface area contributed by atoms with Crippen molar-refractivity contribution in [3.8, 4) is 0 Å². The van der Waals surface area contributed by atoms with Crippen LogP contribution in [-0.4, -0.2) is 15.8 Å². The van der Waals surface area contributed by atoms with Crippen LogP contribution in [0, 0.1) is 12.7 Å². The van der Waals surface area contributed by atoms with Gasteiger partial charge in [0.2, 0.25) is 0 Å². The Morgan fingerprint density at radius 2 is 1.96 bits per heavy atom. The average molecular weight is 338 g/mol. The molecule has 0 radical (unpaired) electrons. The van der Waals surface area contributed by atoms with Crippen molar-refractivity contribution in [1.82, 2.24) is 15.1 Å². The SMILES string of the molecule is Cc1ccc(NC(=O)NCc2ccccc2Cn2cccn2)cc1F. The van der Waals surface area contributed by atoms with Gasteiger partial charge < -0.3 is 10.6 Å². The first kappa shape index (κ1) is 16.7. The molecule has 1 aromatic heterocycles. The minimum absolute atomic E-state index is 0.345. The van der Waals surface area contributed by atoms with E-state index >= 15 is 0 Å². The lowest BCUT2D eigenvalue weighted by atomic mass is 10.1. The second-order valence-corrected chi connectivity index (χ2v) is 5.74. The molecule has 5 nitrogen and oxygen atoms in total. The van der Waals surface area contributed by atoms with Gasteiger partial charge in [0.05, 0.1) is 6.54 Å². The van der Waals surface area contributed by atoms with Crippen molar-refractivity contribution >= 4 is 11.7 Å². The fourth-order valence-electron chi connectivity index (χ4n) is 2.47. The van der Waals surface area contributed by atoms with E-state index in [1.807, 2.05) is 41.2 Å². The maximum absolute atomic E-state index is 13.5. The molecule has 2 N–H and O–H groups in total. The number of urea groups is 1. The number of nitrogens with zero attached hydrogens (tertiary/aromatic N) is 2. The van der Waals surface area contributed by atoms with E-state index in [1.165, 1.54) is 6.07 Å². The van der Waals surface area contributed by atoms with Crippen molar-refractivity contribution in [1.29, 1.82) is 0 Å². The van der Waals surface area contributed by atoms with E-state index < -0.39 is 0 Å². The number of aromatic nitrogens is 2. The van der Waals surface area contributed by atoms with Gasteiger partial charge in [0.25, 0.3) is 0 Å². The lowest BCUT2D eigenvalue weighted by molar-refractivity contribution is 0.251. The summed E-state index contributed by atoms with van der Waals surface area (Å²) in [5.41, 5.74) is 3.04. The Morgan fingerprint density at radius 3 is 2.68 bits per heavy atom. The van der Waals surface area contributed by atoms with Gasteiger partial charge in [-0.1, -0.05) is 30.3 Å². The number of anilines is 1. The van der Waals surface area contributed by atoms with Crippen molar-refractivity contribution in [3.63, 3.8) is 0 Å². The Morgan fingerprint density at radius 1 is 1.16 bits per heavy atom. The molecule has 0 atom stereocenters. The zero-order valence-corrected chi connectivity index (χ0v) is 13.9. The summed E-state index contributed by atoms with van der Waals surface area (Å²) in [7, 11) is 0. The fourth-order valence-corrected chi connectivity index (χ4v) is 2.47. The number of rotatable bonds is 5. The number of carbonyl (C=O) groups is 1. The molecule has 3 aromatic rings. The molecule has 0 fully saturated rings. The highest BCUT2D eigenvalue weighted by Gasteiger charge is 2.07. The number of hydrogen-bond donors (Lipinski definition) is 2. The van der Waals surface area contributed by atoms with Crippen LogP contribution in [0.4, 0.5) is 14.9 Å². The predicted molar refractivity (Wildman–Crippen MR) is 94.8 cm³/mol. The van der Waals surface area contributed by atoms with Crippen LogP contribution in [0.15, 0.2) is 60.9 Å². The van der Waals surface area contributed by atoms with Crippen LogP contribution in [0.1, 0.15) is 16.7 Å². The lowest BCUT2D eigenvalue weighted by Gasteiger charge is -2.12. The Labute approximate surface area is 145 Å². The molecule has 1 heterocycles. The third-order valence-electron chi connectivity index (χ3n) is 3.88. The normalized spacial score (nSPS) is 10.5. The largest absolute Gasteiger partial charge is 0.334 e. The number of halogens is 1. The van der Waals surface area contributed by atoms with Crippen LogP contribution < -0.4 is 10.6 Å². The van der Waals surface area contributed by atoms with Crippen LogP contribution in [0.5, 0.6) is 0 Å². The van der Waals surface area contributed by atoms with E-state index in [1.54, 1.807) is 25.3 Å². The van der Waals surface area contributed by atoms with Crippen LogP contribution in [0.2, 0.25) is 0 Å². The highest BCUT2D eigenvalue weighted by molar-refractivity contribution is 5.89. The number of carbonyl (C=O) groups excluding carboxylic acids is 1. The second-order valence-electron chi connectivity index (χ2n) is 5.74. The first-order valence-electron chi connectivity index (χ1n) is 7.97. The summed E-state index contributed by atoms with van der Waals surface area (Å²) < 4.78 is 15.4. The predicted octanol–water partition coefficient (Wildman–Crippen LogP) is 3.70. The molecule has 128 valence electrons. The molecule has 0 aliphatic carbocycles. The highest BCUT2D eigenvalue weighted by Crippen LogP contribution is 2.14. The van der Waals surface area contributed by atoms with Gasteiger partial charge in [-0.2, -0.15) is 5.10 Å². The van der Waals surface area contributed by atoms with Gasteiger partial charge in [0, 0.05) is 24.6 Å². The van der Waals surface area contributed by atoms with Gasteiger partial charge in [-0.05, 0) is 41.8 Å². The zero-order valence-electron chi connectivity index (χ0n) is 13.9. The quantitative estimate of drug-likeness (QED) is 0.745. The molecule has 0 spiro atoms. The van der Waals surface area contributed by atoms with Crippen LogP contribution >= 0.6 is 0 Å². The Balaban J connectivity index is 1.61. The number of aryl methyl sites for hydroxylation is 1. The summed E-state index contributed by atoms with van der Waals surface area (Å²) in [6.45, 7) is 2.68. The minimum Gasteiger partial charge on any atom is -0.334 e. The van der Waals surface area contributed by atoms with E-state index in [9.17, 15) is 9.18 Å². The van der Waals surface area contributed by atoms with Gasteiger partial charge in [0.15, 0.2) is 0 Å². The molecule has 0 bridgehead atoms. The molecule has 0 saturated carbocycles. The van der Waals surface area contributed by atoms with Crippen LogP contribution in [0.3, 0.4) is 0 Å². The number of benzene rings is 2. The van der Waals surface area contributed by atoms with E-state index in [0.29, 0.717) is 24.3 Å². The van der Waals surface area contributed by atoms with Gasteiger partial charge in [-0.3, -0.25) is 4.68 Å². The molecule has 25 heavy (non-hydrogen) atoms. The van der Waals surface area contributed by atoms with Gasteiger partial charge in [-0.15, -0.1) is 0 Å². The smallest absolute Gasteiger partial charge is 0.319 e. The van der Waals surface area contributed by atoms with Crippen molar-refractivity contribution < 1.29 is 9.18 Å². The van der Waals surface area contributed by atoms with Crippen LogP contribution in [0.25, 0.3) is 0 Å².